The fourth-order valence-corrected chi connectivity index (χ4v) is 2.95. The van der Waals surface area contributed by atoms with Crippen LogP contribution in [0.2, 0.25) is 0 Å². The van der Waals surface area contributed by atoms with Crippen LogP contribution in [0.3, 0.4) is 0 Å². The Morgan fingerprint density at radius 3 is 2.63 bits per heavy atom. The molecule has 4 nitrogen and oxygen atoms in total. The average Bonchev–Trinajstić information content (AvgIpc) is 2.36. The standard InChI is InChI=1S/C15H24N4/c1-11-10-14(13-4-3-5-13)18-15(17-11)12(2)19-8-6-16-7-9-19/h10,12-13,16H,3-9H2,1-2H3. The summed E-state index contributed by atoms with van der Waals surface area (Å²) < 4.78 is 0. The first-order valence-corrected chi connectivity index (χ1v) is 7.54. The zero-order chi connectivity index (χ0) is 13.2. The van der Waals surface area contributed by atoms with Gasteiger partial charge in [0, 0.05) is 43.5 Å². The molecular formula is C15H24N4. The number of piperazine rings is 1. The summed E-state index contributed by atoms with van der Waals surface area (Å²) in [6, 6.07) is 2.51. The minimum atomic E-state index is 0.334. The molecule has 1 aromatic heterocycles. The summed E-state index contributed by atoms with van der Waals surface area (Å²) in [6.07, 6.45) is 3.96. The van der Waals surface area contributed by atoms with Gasteiger partial charge in [-0.2, -0.15) is 0 Å². The Morgan fingerprint density at radius 2 is 2.00 bits per heavy atom. The molecule has 0 spiro atoms. The van der Waals surface area contributed by atoms with E-state index in [9.17, 15) is 0 Å². The zero-order valence-corrected chi connectivity index (χ0v) is 12.0. The predicted molar refractivity (Wildman–Crippen MR) is 76.2 cm³/mol. The van der Waals surface area contributed by atoms with Crippen molar-refractivity contribution in [2.75, 3.05) is 26.2 Å². The molecule has 3 rings (SSSR count). The Hall–Kier alpha value is -1.00. The molecule has 104 valence electrons. The van der Waals surface area contributed by atoms with Gasteiger partial charge in [0.25, 0.3) is 0 Å². The highest BCUT2D eigenvalue weighted by molar-refractivity contribution is 5.17. The average molecular weight is 260 g/mol. The third-order valence-electron chi connectivity index (χ3n) is 4.49. The molecule has 1 atom stereocenters. The van der Waals surface area contributed by atoms with Gasteiger partial charge in [-0.25, -0.2) is 9.97 Å². The van der Waals surface area contributed by atoms with Crippen LogP contribution >= 0.6 is 0 Å². The molecule has 1 saturated carbocycles. The first-order valence-electron chi connectivity index (χ1n) is 7.54. The Bertz CT molecular complexity index is 436. The van der Waals surface area contributed by atoms with Gasteiger partial charge >= 0.3 is 0 Å². The van der Waals surface area contributed by atoms with Crippen molar-refractivity contribution in [3.63, 3.8) is 0 Å². The fourth-order valence-electron chi connectivity index (χ4n) is 2.95. The number of nitrogens with one attached hydrogen (secondary N) is 1. The second-order valence-corrected chi connectivity index (χ2v) is 5.88. The summed E-state index contributed by atoms with van der Waals surface area (Å²) in [4.78, 5) is 12.0. The molecule has 4 heteroatoms. The van der Waals surface area contributed by atoms with Crippen LogP contribution in [-0.4, -0.2) is 41.0 Å². The fraction of sp³-hybridized carbons (Fsp3) is 0.733. The molecule has 1 saturated heterocycles. The van der Waals surface area contributed by atoms with E-state index in [-0.39, 0.29) is 0 Å². The van der Waals surface area contributed by atoms with Gasteiger partial charge in [0.05, 0.1) is 6.04 Å². The number of rotatable bonds is 3. The van der Waals surface area contributed by atoms with Gasteiger partial charge in [0.1, 0.15) is 5.82 Å². The summed E-state index contributed by atoms with van der Waals surface area (Å²) in [5.74, 6) is 1.71. The molecule has 1 unspecified atom stereocenters. The Kier molecular flexibility index (Phi) is 3.80. The predicted octanol–water partition coefficient (Wildman–Crippen LogP) is 2.02. The van der Waals surface area contributed by atoms with Crippen molar-refractivity contribution in [3.8, 4) is 0 Å². The summed E-state index contributed by atoms with van der Waals surface area (Å²) >= 11 is 0. The van der Waals surface area contributed by atoms with Gasteiger partial charge in [0.2, 0.25) is 0 Å². The highest BCUT2D eigenvalue weighted by Gasteiger charge is 2.25. The number of hydrogen-bond donors (Lipinski definition) is 1. The molecule has 0 amide bonds. The maximum atomic E-state index is 4.86. The van der Waals surface area contributed by atoms with E-state index in [1.54, 1.807) is 0 Å². The van der Waals surface area contributed by atoms with E-state index in [0.717, 1.165) is 37.7 Å². The lowest BCUT2D eigenvalue weighted by molar-refractivity contribution is 0.178. The molecule has 19 heavy (non-hydrogen) atoms. The smallest absolute Gasteiger partial charge is 0.145 e. The molecule has 2 aliphatic rings. The first-order chi connectivity index (χ1) is 9.24. The van der Waals surface area contributed by atoms with Crippen LogP contribution in [0.15, 0.2) is 6.07 Å². The zero-order valence-electron chi connectivity index (χ0n) is 12.0. The lowest BCUT2D eigenvalue weighted by atomic mass is 9.82. The number of aryl methyl sites for hydroxylation is 1. The van der Waals surface area contributed by atoms with Crippen LogP contribution in [0, 0.1) is 6.92 Å². The van der Waals surface area contributed by atoms with Crippen LogP contribution in [-0.2, 0) is 0 Å². The molecule has 2 fully saturated rings. The summed E-state index contributed by atoms with van der Waals surface area (Å²) in [5, 5.41) is 3.40. The van der Waals surface area contributed by atoms with E-state index in [4.69, 9.17) is 4.98 Å². The van der Waals surface area contributed by atoms with Gasteiger partial charge in [-0.05, 0) is 32.8 Å². The lowest BCUT2D eigenvalue weighted by Crippen LogP contribution is -2.44. The SMILES string of the molecule is Cc1cc(C2CCC2)nc(C(C)N2CCNCC2)n1. The normalized spacial score (nSPS) is 23.1. The Morgan fingerprint density at radius 1 is 1.26 bits per heavy atom. The van der Waals surface area contributed by atoms with Crippen LogP contribution in [0.5, 0.6) is 0 Å². The topological polar surface area (TPSA) is 41.1 Å². The van der Waals surface area contributed by atoms with Gasteiger partial charge in [0.15, 0.2) is 0 Å². The minimum absolute atomic E-state index is 0.334. The lowest BCUT2D eigenvalue weighted by Gasteiger charge is -2.32. The van der Waals surface area contributed by atoms with Crippen molar-refractivity contribution in [1.29, 1.82) is 0 Å². The highest BCUT2D eigenvalue weighted by atomic mass is 15.2. The van der Waals surface area contributed by atoms with Crippen molar-refractivity contribution in [2.45, 2.75) is 45.1 Å². The third-order valence-corrected chi connectivity index (χ3v) is 4.49. The van der Waals surface area contributed by atoms with Crippen LogP contribution in [0.4, 0.5) is 0 Å². The maximum Gasteiger partial charge on any atom is 0.145 e. The second-order valence-electron chi connectivity index (χ2n) is 5.88. The van der Waals surface area contributed by atoms with Crippen LogP contribution in [0.1, 0.15) is 55.4 Å². The largest absolute Gasteiger partial charge is 0.314 e. The Balaban J connectivity index is 1.80. The van der Waals surface area contributed by atoms with E-state index in [1.807, 2.05) is 0 Å². The van der Waals surface area contributed by atoms with Gasteiger partial charge in [-0.3, -0.25) is 4.90 Å². The van der Waals surface area contributed by atoms with Crippen molar-refractivity contribution in [3.05, 3.63) is 23.3 Å². The molecule has 0 bridgehead atoms. The van der Waals surface area contributed by atoms with Crippen LogP contribution < -0.4 is 5.32 Å². The van der Waals surface area contributed by atoms with E-state index in [2.05, 4.69) is 35.1 Å². The van der Waals surface area contributed by atoms with Crippen molar-refractivity contribution in [1.82, 2.24) is 20.2 Å². The summed E-state index contributed by atoms with van der Waals surface area (Å²) in [7, 11) is 0. The molecular weight excluding hydrogens is 236 g/mol. The first kappa shape index (κ1) is 13.0. The minimum Gasteiger partial charge on any atom is -0.314 e. The molecule has 1 aliphatic heterocycles. The van der Waals surface area contributed by atoms with Gasteiger partial charge in [-0.1, -0.05) is 6.42 Å². The Labute approximate surface area is 115 Å². The van der Waals surface area contributed by atoms with Crippen molar-refractivity contribution in [2.24, 2.45) is 0 Å². The van der Waals surface area contributed by atoms with Gasteiger partial charge < -0.3 is 5.32 Å². The molecule has 0 aromatic carbocycles. The molecule has 1 N–H and O–H groups in total. The second kappa shape index (κ2) is 5.55. The third kappa shape index (κ3) is 2.79. The van der Waals surface area contributed by atoms with E-state index in [1.165, 1.54) is 25.0 Å². The molecule has 0 radical (unpaired) electrons. The number of aromatic nitrogens is 2. The molecule has 1 aliphatic carbocycles. The summed E-state index contributed by atoms with van der Waals surface area (Å²) in [5.41, 5.74) is 2.39. The maximum absolute atomic E-state index is 4.86. The molecule has 2 heterocycles. The highest BCUT2D eigenvalue weighted by Crippen LogP contribution is 2.35. The molecule has 1 aromatic rings. The quantitative estimate of drug-likeness (QED) is 0.902. The van der Waals surface area contributed by atoms with Gasteiger partial charge in [-0.15, -0.1) is 0 Å². The van der Waals surface area contributed by atoms with Crippen molar-refractivity contribution >= 4 is 0 Å². The number of hydrogen-bond acceptors (Lipinski definition) is 4. The monoisotopic (exact) mass is 260 g/mol. The summed E-state index contributed by atoms with van der Waals surface area (Å²) in [6.45, 7) is 8.67. The van der Waals surface area contributed by atoms with E-state index in [0.29, 0.717) is 12.0 Å². The van der Waals surface area contributed by atoms with E-state index < -0.39 is 0 Å². The number of nitrogens with zero attached hydrogens (tertiary/aromatic N) is 3. The van der Waals surface area contributed by atoms with Crippen LogP contribution in [0.25, 0.3) is 0 Å². The van der Waals surface area contributed by atoms with E-state index >= 15 is 0 Å². The van der Waals surface area contributed by atoms with Crippen molar-refractivity contribution < 1.29 is 0 Å².